The molecule has 1 fully saturated rings. The lowest BCUT2D eigenvalue weighted by Crippen LogP contribution is -2.41. The van der Waals surface area contributed by atoms with Crippen molar-refractivity contribution < 1.29 is 10.2 Å². The molecule has 1 saturated carbocycles. The summed E-state index contributed by atoms with van der Waals surface area (Å²) in [5.41, 5.74) is 3.18. The number of nitrogens with one attached hydrogen (secondary N) is 1. The predicted molar refractivity (Wildman–Crippen MR) is 139 cm³/mol. The maximum absolute atomic E-state index is 10.6. The van der Waals surface area contributed by atoms with Crippen LogP contribution in [0, 0.1) is 5.92 Å². The van der Waals surface area contributed by atoms with E-state index in [2.05, 4.69) is 68.3 Å². The Kier molecular flexibility index (Phi) is 9.34. The molecule has 2 atom stereocenters. The van der Waals surface area contributed by atoms with E-state index in [1.54, 1.807) is 6.07 Å². The van der Waals surface area contributed by atoms with Crippen LogP contribution in [0.5, 0.6) is 0 Å². The van der Waals surface area contributed by atoms with E-state index < -0.39 is 12.3 Å². The van der Waals surface area contributed by atoms with E-state index in [0.29, 0.717) is 30.0 Å². The smallest absolute Gasteiger partial charge is 0.155 e. The van der Waals surface area contributed by atoms with Crippen molar-refractivity contribution >= 4 is 12.0 Å². The molecule has 1 aromatic carbocycles. The van der Waals surface area contributed by atoms with Crippen LogP contribution in [0.2, 0.25) is 0 Å². The van der Waals surface area contributed by atoms with Crippen molar-refractivity contribution in [3.63, 3.8) is 0 Å². The lowest BCUT2D eigenvalue weighted by molar-refractivity contribution is 0.0730. The molecule has 190 valence electrons. The Balaban J connectivity index is 1.22. The highest BCUT2D eigenvalue weighted by Crippen LogP contribution is 2.26. The quantitative estimate of drug-likeness (QED) is 0.355. The van der Waals surface area contributed by atoms with Crippen molar-refractivity contribution in [2.45, 2.75) is 63.9 Å². The number of aliphatic hydroxyl groups excluding tert-OH is 2. The number of hydrogen-bond acceptors (Lipinski definition) is 8. The fraction of sp³-hybridized carbons (Fsp3) is 0.593. The number of aliphatic imine (C=N–C) groups is 1. The lowest BCUT2D eigenvalue weighted by Gasteiger charge is -2.32. The molecule has 0 radical (unpaired) electrons. The molecule has 0 saturated heterocycles. The van der Waals surface area contributed by atoms with Crippen molar-refractivity contribution in [1.29, 1.82) is 0 Å². The van der Waals surface area contributed by atoms with Gasteiger partial charge in [-0.15, -0.1) is 0 Å². The maximum atomic E-state index is 10.6. The molecule has 0 bridgehead atoms. The van der Waals surface area contributed by atoms with Gasteiger partial charge < -0.3 is 15.1 Å². The van der Waals surface area contributed by atoms with Crippen LogP contribution in [-0.2, 0) is 13.0 Å². The summed E-state index contributed by atoms with van der Waals surface area (Å²) < 4.78 is 0. The van der Waals surface area contributed by atoms with E-state index in [1.165, 1.54) is 30.3 Å². The Hall–Kier alpha value is -2.23. The summed E-state index contributed by atoms with van der Waals surface area (Å²) in [7, 11) is 2.20. The second-order valence-corrected chi connectivity index (χ2v) is 9.94. The maximum Gasteiger partial charge on any atom is 0.155 e. The highest BCUT2D eigenvalue weighted by Gasteiger charge is 2.22. The molecule has 35 heavy (non-hydrogen) atoms. The van der Waals surface area contributed by atoms with Crippen molar-refractivity contribution in [1.82, 2.24) is 25.1 Å². The average molecular weight is 481 g/mol. The Morgan fingerprint density at radius 3 is 2.71 bits per heavy atom. The molecule has 2 aliphatic rings. The standard InChI is InChI=1S/C27H40N6O2/c1-3-32(2)23-10-8-20(9-11-23)15-28-26-14-25(30-19-31-26)27(35)29-16-24(34)18-33-13-12-21-6-4-5-7-22(21)17-33/h4-7,14-15,19-20,23-24,27,29,34-35H,3,8-13,16-18H2,1-2H3/b28-15+/t20?,23?,24-,27?/m0/s1. The molecule has 8 heteroatoms. The van der Waals surface area contributed by atoms with E-state index >= 15 is 0 Å². The number of nitrogens with zero attached hydrogens (tertiary/aromatic N) is 5. The van der Waals surface area contributed by atoms with Gasteiger partial charge in [0.15, 0.2) is 5.82 Å². The normalized spacial score (nSPS) is 22.9. The van der Waals surface area contributed by atoms with Crippen LogP contribution in [-0.4, -0.2) is 81.6 Å². The Labute approximate surface area is 209 Å². The van der Waals surface area contributed by atoms with Crippen molar-refractivity contribution in [3.05, 3.63) is 53.5 Å². The van der Waals surface area contributed by atoms with Gasteiger partial charge in [-0.05, 0) is 62.7 Å². The molecule has 8 nitrogen and oxygen atoms in total. The summed E-state index contributed by atoms with van der Waals surface area (Å²) in [6, 6.07) is 10.9. The number of β-amino-alcohol motifs (C(OH)–C–C–N with tert-alkyl or cyclic N) is 1. The number of benzene rings is 1. The van der Waals surface area contributed by atoms with Gasteiger partial charge >= 0.3 is 0 Å². The number of aliphatic hydroxyl groups is 2. The molecular weight excluding hydrogens is 440 g/mol. The zero-order chi connectivity index (χ0) is 24.6. The van der Waals surface area contributed by atoms with Crippen LogP contribution in [0.15, 0.2) is 41.7 Å². The third-order valence-electron chi connectivity index (χ3n) is 7.46. The average Bonchev–Trinajstić information content (AvgIpc) is 2.90. The summed E-state index contributed by atoms with van der Waals surface area (Å²) in [5, 5.41) is 24.1. The second kappa shape index (κ2) is 12.6. The molecule has 1 aliphatic heterocycles. The van der Waals surface area contributed by atoms with Crippen LogP contribution in [0.4, 0.5) is 5.82 Å². The van der Waals surface area contributed by atoms with E-state index in [1.807, 2.05) is 6.21 Å². The Bertz CT molecular complexity index is 962. The molecule has 1 unspecified atom stereocenters. The number of aromatic nitrogens is 2. The third-order valence-corrected chi connectivity index (χ3v) is 7.46. The molecule has 0 spiro atoms. The van der Waals surface area contributed by atoms with Crippen LogP contribution >= 0.6 is 0 Å². The summed E-state index contributed by atoms with van der Waals surface area (Å²) in [6.07, 6.45) is 7.55. The Morgan fingerprint density at radius 1 is 1.17 bits per heavy atom. The van der Waals surface area contributed by atoms with Crippen LogP contribution < -0.4 is 5.32 Å². The van der Waals surface area contributed by atoms with E-state index in [9.17, 15) is 10.2 Å². The Morgan fingerprint density at radius 2 is 1.94 bits per heavy atom. The summed E-state index contributed by atoms with van der Waals surface area (Å²) in [5.74, 6) is 1.02. The minimum Gasteiger partial charge on any atom is -0.390 e. The molecule has 0 amide bonds. The van der Waals surface area contributed by atoms with Crippen molar-refractivity contribution in [2.75, 3.05) is 33.2 Å². The van der Waals surface area contributed by atoms with Gasteiger partial charge in [0.2, 0.25) is 0 Å². The van der Waals surface area contributed by atoms with E-state index in [-0.39, 0.29) is 6.54 Å². The van der Waals surface area contributed by atoms with Crippen LogP contribution in [0.3, 0.4) is 0 Å². The topological polar surface area (TPSA) is 97.1 Å². The minimum atomic E-state index is -0.983. The number of fused-ring (bicyclic) bond motifs is 1. The molecular formula is C27H40N6O2. The van der Waals surface area contributed by atoms with Gasteiger partial charge in [0.05, 0.1) is 11.8 Å². The van der Waals surface area contributed by atoms with Gasteiger partial charge in [-0.1, -0.05) is 31.2 Å². The monoisotopic (exact) mass is 480 g/mol. The van der Waals surface area contributed by atoms with Gasteiger partial charge in [0, 0.05) is 44.5 Å². The molecule has 4 rings (SSSR count). The lowest BCUT2D eigenvalue weighted by atomic mass is 9.86. The fourth-order valence-electron chi connectivity index (χ4n) is 5.14. The van der Waals surface area contributed by atoms with Crippen molar-refractivity contribution in [2.24, 2.45) is 10.9 Å². The SMILES string of the molecule is CCN(C)C1CCC(/C=N/c2cc(C(O)NC[C@H](O)CN3CCc4ccccc4C3)ncn2)CC1. The summed E-state index contributed by atoms with van der Waals surface area (Å²) in [6.45, 7) is 5.91. The van der Waals surface area contributed by atoms with Crippen LogP contribution in [0.1, 0.15) is 55.7 Å². The molecule has 3 N–H and O–H groups in total. The molecule has 1 aromatic heterocycles. The van der Waals surface area contributed by atoms with Gasteiger partial charge in [0.25, 0.3) is 0 Å². The number of rotatable bonds is 10. The van der Waals surface area contributed by atoms with E-state index in [4.69, 9.17) is 0 Å². The van der Waals surface area contributed by atoms with Crippen molar-refractivity contribution in [3.8, 4) is 0 Å². The first kappa shape index (κ1) is 25.9. The summed E-state index contributed by atoms with van der Waals surface area (Å²) in [4.78, 5) is 17.7. The zero-order valence-corrected chi connectivity index (χ0v) is 21.1. The second-order valence-electron chi connectivity index (χ2n) is 9.94. The molecule has 2 heterocycles. The highest BCUT2D eigenvalue weighted by molar-refractivity contribution is 5.64. The van der Waals surface area contributed by atoms with Gasteiger partial charge in [-0.2, -0.15) is 0 Å². The largest absolute Gasteiger partial charge is 0.390 e. The third kappa shape index (κ3) is 7.38. The van der Waals surface area contributed by atoms with Crippen LogP contribution in [0.25, 0.3) is 0 Å². The molecule has 2 aromatic rings. The zero-order valence-electron chi connectivity index (χ0n) is 21.1. The van der Waals surface area contributed by atoms with Gasteiger partial charge in [0.1, 0.15) is 12.6 Å². The highest BCUT2D eigenvalue weighted by atomic mass is 16.3. The first-order valence-electron chi connectivity index (χ1n) is 13.0. The van der Waals surface area contributed by atoms with Gasteiger partial charge in [-0.3, -0.25) is 10.2 Å². The predicted octanol–water partition coefficient (Wildman–Crippen LogP) is 2.69. The van der Waals surface area contributed by atoms with E-state index in [0.717, 1.165) is 38.9 Å². The van der Waals surface area contributed by atoms with Gasteiger partial charge in [-0.25, -0.2) is 15.0 Å². The summed E-state index contributed by atoms with van der Waals surface area (Å²) >= 11 is 0. The number of hydrogen-bond donors (Lipinski definition) is 3. The fourth-order valence-corrected chi connectivity index (χ4v) is 5.14. The molecule has 1 aliphatic carbocycles. The minimum absolute atomic E-state index is 0.275. The first-order valence-corrected chi connectivity index (χ1v) is 13.0. The first-order chi connectivity index (χ1) is 17.0.